The maximum Gasteiger partial charge on any atom is 0.294 e. The Balaban J connectivity index is 1.82. The van der Waals surface area contributed by atoms with Crippen LogP contribution in [-0.4, -0.2) is 33.0 Å². The van der Waals surface area contributed by atoms with Crippen molar-refractivity contribution in [2.75, 3.05) is 0 Å². The van der Waals surface area contributed by atoms with Crippen molar-refractivity contribution < 1.29 is 27.8 Å². The lowest BCUT2D eigenvalue weighted by Gasteiger charge is -2.31. The summed E-state index contributed by atoms with van der Waals surface area (Å²) in [6.45, 7) is 9.14. The van der Waals surface area contributed by atoms with Crippen molar-refractivity contribution in [2.45, 2.75) is 65.3 Å². The number of ether oxygens (including phenoxy) is 1. The van der Waals surface area contributed by atoms with E-state index in [1.54, 1.807) is 31.2 Å². The molecule has 7 nitrogen and oxygen atoms in total. The first-order valence-corrected chi connectivity index (χ1v) is 15.4. The monoisotopic (exact) mass is 665 g/mol. The van der Waals surface area contributed by atoms with E-state index in [2.05, 4.69) is 11.6 Å². The minimum atomic E-state index is -3.61. The normalized spacial score (nSPS) is 16.7. The maximum atomic E-state index is 15.8. The van der Waals surface area contributed by atoms with Crippen molar-refractivity contribution in [1.29, 1.82) is 5.26 Å². The summed E-state index contributed by atoms with van der Waals surface area (Å²) in [5.41, 5.74) is 0.826. The average molecular weight is 666 g/mol. The van der Waals surface area contributed by atoms with Gasteiger partial charge in [0.25, 0.3) is 17.4 Å². The van der Waals surface area contributed by atoms with Gasteiger partial charge in [0.05, 0.1) is 23.8 Å². The maximum absolute atomic E-state index is 15.8. The molecule has 0 saturated carbocycles. The minimum absolute atomic E-state index is 0.0691. The topological polar surface area (TPSA) is 106 Å². The van der Waals surface area contributed by atoms with Crippen LogP contribution in [0, 0.1) is 17.2 Å². The van der Waals surface area contributed by atoms with E-state index in [0.717, 1.165) is 0 Å². The third-order valence-corrected chi connectivity index (χ3v) is 8.19. The quantitative estimate of drug-likeness (QED) is 0.214. The first kappa shape index (κ1) is 35.3. The Morgan fingerprint density at radius 3 is 2.51 bits per heavy atom. The lowest BCUT2D eigenvalue weighted by atomic mass is 9.87. The van der Waals surface area contributed by atoms with Crippen LogP contribution >= 0.6 is 11.6 Å². The van der Waals surface area contributed by atoms with Crippen molar-refractivity contribution >= 4 is 17.5 Å². The molecule has 47 heavy (non-hydrogen) atoms. The largest absolute Gasteiger partial charge is 0.451 e. The molecule has 2 heterocycles. The second-order valence-corrected chi connectivity index (χ2v) is 12.0. The number of halogens is 4. The average Bonchev–Trinajstić information content (AvgIpc) is 3.02. The number of hydrogen-bond acceptors (Lipinski definition) is 5. The summed E-state index contributed by atoms with van der Waals surface area (Å²) in [4.78, 5) is 31.5. The molecule has 0 saturated heterocycles. The molecule has 0 spiro atoms. The van der Waals surface area contributed by atoms with E-state index in [0.29, 0.717) is 28.8 Å². The van der Waals surface area contributed by atoms with Gasteiger partial charge in [0, 0.05) is 22.5 Å². The van der Waals surface area contributed by atoms with Gasteiger partial charge in [-0.05, 0) is 79.1 Å². The van der Waals surface area contributed by atoms with Gasteiger partial charge in [0.1, 0.15) is 18.0 Å². The molecule has 3 unspecified atom stereocenters. The number of nitrogens with zero attached hydrogens (tertiary/aromatic N) is 2. The van der Waals surface area contributed by atoms with Gasteiger partial charge in [-0.3, -0.25) is 9.59 Å². The van der Waals surface area contributed by atoms with Crippen LogP contribution < -0.4 is 10.3 Å². The van der Waals surface area contributed by atoms with Gasteiger partial charge in [-0.2, -0.15) is 14.0 Å². The number of rotatable bonds is 10. The SMILES string of the molecule is C=C(C)C(F)(F)C1=C(Oc2cc(Cl)cc(C#N)c2)C(=O)N(Cc2cc(-c3ccc(C(O)C(C)F)cc3)c(=O)[nH]c2CC)C=CCC1C. The first-order chi connectivity index (χ1) is 22.2. The lowest BCUT2D eigenvalue weighted by molar-refractivity contribution is -0.128. The number of allylic oxidation sites excluding steroid dienone is 3. The van der Waals surface area contributed by atoms with Crippen molar-refractivity contribution in [3.05, 3.63) is 122 Å². The van der Waals surface area contributed by atoms with Gasteiger partial charge in [-0.15, -0.1) is 0 Å². The van der Waals surface area contributed by atoms with Crippen LogP contribution in [0.4, 0.5) is 13.2 Å². The van der Waals surface area contributed by atoms with Crippen molar-refractivity contribution in [3.63, 3.8) is 0 Å². The molecule has 1 aromatic heterocycles. The highest BCUT2D eigenvalue weighted by atomic mass is 35.5. The molecule has 0 fully saturated rings. The van der Waals surface area contributed by atoms with Crippen LogP contribution in [0.5, 0.6) is 5.75 Å². The summed E-state index contributed by atoms with van der Waals surface area (Å²) in [5.74, 6) is -6.02. The molecule has 1 aliphatic heterocycles. The summed E-state index contributed by atoms with van der Waals surface area (Å²) in [6.07, 6.45) is 0.839. The van der Waals surface area contributed by atoms with Gasteiger partial charge < -0.3 is 19.7 Å². The zero-order valence-corrected chi connectivity index (χ0v) is 27.2. The van der Waals surface area contributed by atoms with Crippen LogP contribution in [-0.2, 0) is 17.8 Å². The fraction of sp³-hybridized carbons (Fsp3) is 0.306. The molecule has 2 N–H and O–H groups in total. The Morgan fingerprint density at radius 1 is 1.23 bits per heavy atom. The molecule has 246 valence electrons. The number of alkyl halides is 3. The Kier molecular flexibility index (Phi) is 10.8. The standard InChI is InChI=1S/C36H35ClF3N3O4/c1-6-30-26(16-29(34(45)42-30)24-9-11-25(12-10-24)32(44)22(5)38)19-43-13-7-8-21(4)31(36(39,40)20(2)3)33(35(43)46)47-28-15-23(18-41)14-27(37)17-28/h7,9-17,21-22,32,44H,2,6,8,19H2,1,3-5H3,(H,42,45). The second kappa shape index (κ2) is 14.4. The number of H-pyrrole nitrogens is 1. The number of benzene rings is 2. The molecular weight excluding hydrogens is 631 g/mol. The van der Waals surface area contributed by atoms with Crippen LogP contribution in [0.2, 0.25) is 5.02 Å². The highest BCUT2D eigenvalue weighted by molar-refractivity contribution is 6.30. The number of pyridine rings is 1. The van der Waals surface area contributed by atoms with Crippen molar-refractivity contribution in [2.24, 2.45) is 5.92 Å². The molecule has 1 aliphatic rings. The minimum Gasteiger partial charge on any atom is -0.451 e. The zero-order chi connectivity index (χ0) is 34.6. The first-order valence-electron chi connectivity index (χ1n) is 15.0. The third-order valence-electron chi connectivity index (χ3n) is 7.97. The number of aryl methyl sites for hydroxylation is 1. The van der Waals surface area contributed by atoms with E-state index >= 15 is 8.78 Å². The fourth-order valence-corrected chi connectivity index (χ4v) is 5.57. The van der Waals surface area contributed by atoms with Gasteiger partial charge in [0.15, 0.2) is 5.76 Å². The highest BCUT2D eigenvalue weighted by Gasteiger charge is 2.44. The van der Waals surface area contributed by atoms with E-state index in [4.69, 9.17) is 16.3 Å². The summed E-state index contributed by atoms with van der Waals surface area (Å²) in [5, 5.41) is 19.6. The summed E-state index contributed by atoms with van der Waals surface area (Å²) in [7, 11) is 0. The molecule has 1 amide bonds. The molecule has 3 aromatic rings. The number of amides is 1. The number of aromatic nitrogens is 1. The molecule has 4 rings (SSSR count). The predicted octanol–water partition coefficient (Wildman–Crippen LogP) is 7.95. The molecule has 11 heteroatoms. The molecule has 0 aliphatic carbocycles. The van der Waals surface area contributed by atoms with Gasteiger partial charge >= 0.3 is 0 Å². The second-order valence-electron chi connectivity index (χ2n) is 11.6. The summed E-state index contributed by atoms with van der Waals surface area (Å²) in [6, 6.07) is 13.8. The number of aliphatic hydroxyl groups excluding tert-OH is 1. The third kappa shape index (κ3) is 7.70. The number of nitriles is 1. The number of nitrogens with one attached hydrogen (secondary N) is 1. The Hall–Kier alpha value is -4.59. The van der Waals surface area contributed by atoms with Crippen molar-refractivity contribution in [3.8, 4) is 22.9 Å². The van der Waals surface area contributed by atoms with Crippen LogP contribution in [0.15, 0.2) is 89.1 Å². The summed E-state index contributed by atoms with van der Waals surface area (Å²) >= 11 is 6.16. The number of aliphatic hydroxyl groups is 1. The molecule has 0 radical (unpaired) electrons. The fourth-order valence-electron chi connectivity index (χ4n) is 5.35. The van der Waals surface area contributed by atoms with Crippen LogP contribution in [0.25, 0.3) is 11.1 Å². The smallest absolute Gasteiger partial charge is 0.294 e. The van der Waals surface area contributed by atoms with Gasteiger partial charge in [-0.25, -0.2) is 4.39 Å². The van der Waals surface area contributed by atoms with E-state index in [9.17, 15) is 24.3 Å². The van der Waals surface area contributed by atoms with E-state index in [1.807, 2.05) is 13.0 Å². The molecule has 2 aromatic carbocycles. The molecular formula is C36H35ClF3N3O4. The van der Waals surface area contributed by atoms with Gasteiger partial charge in [-0.1, -0.05) is 62.4 Å². The van der Waals surface area contributed by atoms with Crippen LogP contribution in [0.3, 0.4) is 0 Å². The van der Waals surface area contributed by atoms with Crippen LogP contribution in [0.1, 0.15) is 62.6 Å². The van der Waals surface area contributed by atoms with E-state index < -0.39 is 52.5 Å². The number of carbonyl (C=O) groups excluding carboxylic acids is 1. The summed E-state index contributed by atoms with van der Waals surface area (Å²) < 4.78 is 51.2. The Labute approximate surface area is 276 Å². The predicted molar refractivity (Wildman–Crippen MR) is 174 cm³/mol. The Bertz CT molecular complexity index is 1840. The van der Waals surface area contributed by atoms with Crippen molar-refractivity contribution in [1.82, 2.24) is 9.88 Å². The zero-order valence-electron chi connectivity index (χ0n) is 26.4. The highest BCUT2D eigenvalue weighted by Crippen LogP contribution is 2.41. The lowest BCUT2D eigenvalue weighted by Crippen LogP contribution is -2.37. The number of aromatic amines is 1. The molecule has 3 atom stereocenters. The number of carbonyl (C=O) groups is 1. The number of hydrogen-bond donors (Lipinski definition) is 2. The van der Waals surface area contributed by atoms with E-state index in [1.165, 1.54) is 55.3 Å². The van der Waals surface area contributed by atoms with Gasteiger partial charge in [0.2, 0.25) is 0 Å². The molecule has 0 bridgehead atoms. The Morgan fingerprint density at radius 2 is 1.91 bits per heavy atom. The van der Waals surface area contributed by atoms with E-state index in [-0.39, 0.29) is 34.9 Å².